The zero-order chi connectivity index (χ0) is 28.7. The Bertz CT molecular complexity index is 1280. The van der Waals surface area contributed by atoms with Crippen molar-refractivity contribution >= 4 is 40.0 Å². The van der Waals surface area contributed by atoms with Crippen molar-refractivity contribution in [2.24, 2.45) is 5.41 Å². The number of thiophene rings is 1. The first-order valence-corrected chi connectivity index (χ1v) is 16.3. The molecule has 1 aromatic carbocycles. The molecule has 0 radical (unpaired) electrons. The lowest BCUT2D eigenvalue weighted by Gasteiger charge is -2.41. The summed E-state index contributed by atoms with van der Waals surface area (Å²) in [5, 5.41) is 12.7. The highest BCUT2D eigenvalue weighted by Gasteiger charge is 2.37. The molecule has 3 aromatic rings. The van der Waals surface area contributed by atoms with E-state index in [1.807, 2.05) is 36.2 Å². The molecule has 0 unspecified atom stereocenters. The molecule has 222 valence electrons. The number of thioether (sulfide) groups is 1. The summed E-state index contributed by atoms with van der Waals surface area (Å²) in [5.41, 5.74) is 1.89. The summed E-state index contributed by atoms with van der Waals surface area (Å²) in [4.78, 5) is 21.3. The molecule has 4 heterocycles. The number of morpholine rings is 1. The Hall–Kier alpha value is -2.24. The van der Waals surface area contributed by atoms with E-state index in [0.717, 1.165) is 67.8 Å². The van der Waals surface area contributed by atoms with Crippen molar-refractivity contribution in [3.8, 4) is 5.75 Å². The Morgan fingerprint density at radius 2 is 2.02 bits per heavy atom. The Morgan fingerprint density at radius 1 is 1.22 bits per heavy atom. The average molecular weight is 602 g/mol. The number of carboxylic acids is 1. The standard InChI is InChI=1S/C31H40FN3O4S2/c1-38-24-4-5-27-25(19-24)30(23(21-33-27)22-35-12-15-39-16-13-35)26(32)6-7-31(20-28(36)37)8-10-34(11-9-31)14-18-41-29-3-2-17-40-29/h2-5,17,19,21,26H,6-16,18,20,22H2,1H3,(H,36,37)/t26-/m1/s1. The number of carbonyl (C=O) groups is 1. The van der Waals surface area contributed by atoms with Crippen molar-refractivity contribution in [1.29, 1.82) is 0 Å². The molecule has 0 amide bonds. The lowest BCUT2D eigenvalue weighted by atomic mass is 9.71. The van der Waals surface area contributed by atoms with Gasteiger partial charge in [0.2, 0.25) is 0 Å². The second-order valence-corrected chi connectivity index (χ2v) is 13.5. The van der Waals surface area contributed by atoms with E-state index in [2.05, 4.69) is 32.3 Å². The highest BCUT2D eigenvalue weighted by atomic mass is 32.2. The highest BCUT2D eigenvalue weighted by Crippen LogP contribution is 2.43. The van der Waals surface area contributed by atoms with Crippen molar-refractivity contribution in [2.45, 2.75) is 49.0 Å². The number of benzene rings is 1. The number of ether oxygens (including phenoxy) is 2. The molecule has 1 N–H and O–H groups in total. The number of pyridine rings is 1. The number of rotatable bonds is 13. The van der Waals surface area contributed by atoms with Crippen LogP contribution in [0.2, 0.25) is 0 Å². The number of carboxylic acid groups (broad SMARTS) is 1. The Morgan fingerprint density at radius 3 is 2.73 bits per heavy atom. The molecular weight excluding hydrogens is 561 g/mol. The van der Waals surface area contributed by atoms with E-state index < -0.39 is 17.6 Å². The highest BCUT2D eigenvalue weighted by molar-refractivity contribution is 8.01. The zero-order valence-electron chi connectivity index (χ0n) is 23.7. The van der Waals surface area contributed by atoms with Crippen molar-refractivity contribution in [3.63, 3.8) is 0 Å². The van der Waals surface area contributed by atoms with Crippen LogP contribution in [-0.2, 0) is 16.1 Å². The lowest BCUT2D eigenvalue weighted by Crippen LogP contribution is -2.42. The first-order chi connectivity index (χ1) is 19.9. The van der Waals surface area contributed by atoms with E-state index in [4.69, 9.17) is 9.47 Å². The summed E-state index contributed by atoms with van der Waals surface area (Å²) in [6.07, 6.45) is 3.06. The number of aliphatic carboxylic acids is 1. The van der Waals surface area contributed by atoms with Gasteiger partial charge in [-0.1, -0.05) is 6.07 Å². The molecule has 0 spiro atoms. The van der Waals surface area contributed by atoms with Gasteiger partial charge in [-0.15, -0.1) is 23.1 Å². The fraction of sp³-hybridized carbons (Fsp3) is 0.548. The minimum Gasteiger partial charge on any atom is -0.497 e. The molecule has 7 nitrogen and oxygen atoms in total. The molecule has 41 heavy (non-hydrogen) atoms. The van der Waals surface area contributed by atoms with Crippen LogP contribution in [0.1, 0.15) is 49.4 Å². The normalized spacial score (nSPS) is 18.9. The summed E-state index contributed by atoms with van der Waals surface area (Å²) in [6.45, 7) is 6.24. The van der Waals surface area contributed by atoms with E-state index in [0.29, 0.717) is 37.5 Å². The maximum atomic E-state index is 16.5. The third-order valence-corrected chi connectivity index (χ3v) is 10.6. The SMILES string of the molecule is COc1ccc2ncc(CN3CCOCC3)c([C@H](F)CCC3(CC(=O)O)CCN(CCSc4cccs4)CC3)c2c1. The van der Waals surface area contributed by atoms with Gasteiger partial charge in [-0.05, 0) is 79.4 Å². The molecule has 2 aliphatic heterocycles. The number of alkyl halides is 1. The molecule has 0 aliphatic carbocycles. The Balaban J connectivity index is 1.29. The van der Waals surface area contributed by atoms with E-state index in [9.17, 15) is 9.90 Å². The number of piperidine rings is 1. The largest absolute Gasteiger partial charge is 0.497 e. The van der Waals surface area contributed by atoms with Gasteiger partial charge >= 0.3 is 5.97 Å². The van der Waals surface area contributed by atoms with Gasteiger partial charge in [-0.3, -0.25) is 14.7 Å². The second kappa shape index (κ2) is 14.3. The maximum absolute atomic E-state index is 16.5. The van der Waals surface area contributed by atoms with Crippen LogP contribution in [0.3, 0.4) is 0 Å². The Labute approximate surface area is 250 Å². The minimum absolute atomic E-state index is 0.0864. The second-order valence-electron chi connectivity index (χ2n) is 11.2. The number of fused-ring (bicyclic) bond motifs is 1. The van der Waals surface area contributed by atoms with Gasteiger partial charge in [0.1, 0.15) is 11.9 Å². The smallest absolute Gasteiger partial charge is 0.303 e. The zero-order valence-corrected chi connectivity index (χ0v) is 25.4. The van der Waals surface area contributed by atoms with E-state index >= 15 is 4.39 Å². The first kappa shape index (κ1) is 30.2. The lowest BCUT2D eigenvalue weighted by molar-refractivity contribution is -0.141. The molecule has 0 bridgehead atoms. The number of likely N-dealkylation sites (tertiary alicyclic amines) is 1. The number of methoxy groups -OCH3 is 1. The van der Waals surface area contributed by atoms with Gasteiger partial charge in [-0.25, -0.2) is 4.39 Å². The van der Waals surface area contributed by atoms with Crippen LogP contribution in [0.15, 0.2) is 46.1 Å². The first-order valence-electron chi connectivity index (χ1n) is 14.4. The molecule has 1 atom stereocenters. The summed E-state index contributed by atoms with van der Waals surface area (Å²) in [6, 6.07) is 9.82. The number of nitrogens with zero attached hydrogens (tertiary/aromatic N) is 3. The summed E-state index contributed by atoms with van der Waals surface area (Å²) in [7, 11) is 1.61. The molecule has 2 aromatic heterocycles. The monoisotopic (exact) mass is 601 g/mol. The van der Waals surface area contributed by atoms with Crippen molar-refractivity contribution in [1.82, 2.24) is 14.8 Å². The number of halogens is 1. The van der Waals surface area contributed by atoms with Crippen LogP contribution in [-0.4, -0.2) is 84.7 Å². The average Bonchev–Trinajstić information content (AvgIpc) is 3.50. The van der Waals surface area contributed by atoms with Gasteiger partial charge < -0.3 is 19.5 Å². The molecule has 2 aliphatic rings. The third kappa shape index (κ3) is 7.99. The molecule has 10 heteroatoms. The predicted octanol–water partition coefficient (Wildman–Crippen LogP) is 6.28. The number of hydrogen-bond donors (Lipinski definition) is 1. The fourth-order valence-electron chi connectivity index (χ4n) is 6.14. The van der Waals surface area contributed by atoms with Crippen LogP contribution in [0, 0.1) is 5.41 Å². The van der Waals surface area contributed by atoms with Gasteiger partial charge in [-0.2, -0.15) is 0 Å². The Kier molecular flexibility index (Phi) is 10.5. The predicted molar refractivity (Wildman–Crippen MR) is 163 cm³/mol. The van der Waals surface area contributed by atoms with Crippen LogP contribution in [0.25, 0.3) is 10.9 Å². The number of hydrogen-bond acceptors (Lipinski definition) is 8. The maximum Gasteiger partial charge on any atom is 0.303 e. The van der Waals surface area contributed by atoms with Crippen LogP contribution >= 0.6 is 23.1 Å². The van der Waals surface area contributed by atoms with Crippen molar-refractivity contribution < 1.29 is 23.8 Å². The van der Waals surface area contributed by atoms with Crippen LogP contribution in [0.5, 0.6) is 5.75 Å². The van der Waals surface area contributed by atoms with Gasteiger partial charge in [0.15, 0.2) is 0 Å². The molecule has 2 fully saturated rings. The van der Waals surface area contributed by atoms with E-state index in [-0.39, 0.29) is 12.8 Å². The van der Waals surface area contributed by atoms with Crippen molar-refractivity contribution in [2.75, 3.05) is 58.8 Å². The van der Waals surface area contributed by atoms with Crippen LogP contribution < -0.4 is 4.74 Å². The topological polar surface area (TPSA) is 75.1 Å². The van der Waals surface area contributed by atoms with Gasteiger partial charge in [0.05, 0.1) is 36.5 Å². The summed E-state index contributed by atoms with van der Waals surface area (Å²) < 4.78 is 28.8. The van der Waals surface area contributed by atoms with Crippen molar-refractivity contribution in [3.05, 3.63) is 53.0 Å². The number of aromatic nitrogens is 1. The summed E-state index contributed by atoms with van der Waals surface area (Å²) in [5.74, 6) is 0.890. The fourth-order valence-corrected chi connectivity index (χ4v) is 8.00. The van der Waals surface area contributed by atoms with E-state index in [1.165, 1.54) is 4.21 Å². The van der Waals surface area contributed by atoms with Gasteiger partial charge in [0, 0.05) is 49.1 Å². The quantitative estimate of drug-likeness (QED) is 0.230. The summed E-state index contributed by atoms with van der Waals surface area (Å²) >= 11 is 3.63. The van der Waals surface area contributed by atoms with Gasteiger partial charge in [0.25, 0.3) is 0 Å². The molecular formula is C31H40FN3O4S2. The third-order valence-electron chi connectivity index (χ3n) is 8.53. The minimum atomic E-state index is -1.23. The molecule has 0 saturated carbocycles. The molecule has 2 saturated heterocycles. The molecule has 5 rings (SSSR count). The van der Waals surface area contributed by atoms with E-state index in [1.54, 1.807) is 18.4 Å². The van der Waals surface area contributed by atoms with Crippen LogP contribution in [0.4, 0.5) is 4.39 Å².